The van der Waals surface area contributed by atoms with Gasteiger partial charge >= 0.3 is 0 Å². The lowest BCUT2D eigenvalue weighted by molar-refractivity contribution is -0.256. The van der Waals surface area contributed by atoms with Gasteiger partial charge in [0.2, 0.25) is 0 Å². The summed E-state index contributed by atoms with van der Waals surface area (Å²) in [7, 11) is 0. The zero-order chi connectivity index (χ0) is 18.2. The number of ether oxygens (including phenoxy) is 2. The Morgan fingerprint density at radius 1 is 0.800 bits per heavy atom. The van der Waals surface area contributed by atoms with E-state index in [2.05, 4.69) is 25.7 Å². The summed E-state index contributed by atoms with van der Waals surface area (Å²) in [5.41, 5.74) is 0. The van der Waals surface area contributed by atoms with Crippen LogP contribution in [0, 0.1) is 11.8 Å². The summed E-state index contributed by atoms with van der Waals surface area (Å²) in [5, 5.41) is 16.7. The van der Waals surface area contributed by atoms with E-state index in [4.69, 9.17) is 29.5 Å². The maximum Gasteiger partial charge on any atom is 0.163 e. The van der Waals surface area contributed by atoms with Gasteiger partial charge in [-0.2, -0.15) is 9.78 Å². The zero-order valence-electron chi connectivity index (χ0n) is 14.1. The summed E-state index contributed by atoms with van der Waals surface area (Å²) in [6.07, 6.45) is 6.97. The van der Waals surface area contributed by atoms with E-state index < -0.39 is 0 Å². The second kappa shape index (κ2) is 15.3. The Hall–Kier alpha value is -1.00. The van der Waals surface area contributed by atoms with Crippen LogP contribution >= 0.6 is 15.9 Å². The second-order valence-electron chi connectivity index (χ2n) is 5.45. The van der Waals surface area contributed by atoms with Crippen molar-refractivity contribution in [3.8, 4) is 0 Å². The smallest absolute Gasteiger partial charge is 0.163 e. The van der Waals surface area contributed by atoms with Crippen LogP contribution in [0.1, 0.15) is 19.3 Å². The number of aliphatic hydroxyl groups is 2. The quantitative estimate of drug-likeness (QED) is 0.144. The van der Waals surface area contributed by atoms with Crippen LogP contribution in [-0.4, -0.2) is 54.7 Å². The monoisotopic (exact) mass is 426 g/mol. The molecule has 146 valence electrons. The van der Waals surface area contributed by atoms with Crippen molar-refractivity contribution in [2.75, 3.05) is 39.6 Å². The van der Waals surface area contributed by atoms with Crippen LogP contribution < -0.4 is 0 Å². The molecule has 0 amide bonds. The normalized spacial score (nSPS) is 24.1. The first-order valence-corrected chi connectivity index (χ1v) is 9.15. The molecule has 0 radical (unpaired) electrons. The lowest BCUT2D eigenvalue weighted by Gasteiger charge is -2.34. The Morgan fingerprint density at radius 2 is 1.28 bits per heavy atom. The summed E-state index contributed by atoms with van der Waals surface area (Å²) < 4.78 is 11.3. The highest BCUT2D eigenvalue weighted by atomic mass is 79.9. The van der Waals surface area contributed by atoms with Gasteiger partial charge in [-0.1, -0.05) is 22.4 Å². The van der Waals surface area contributed by atoms with Crippen molar-refractivity contribution in [3.63, 3.8) is 0 Å². The molecule has 1 rings (SSSR count). The molecule has 0 heterocycles. The van der Waals surface area contributed by atoms with E-state index in [0.29, 0.717) is 56.3 Å². The van der Waals surface area contributed by atoms with E-state index in [1.54, 1.807) is 0 Å². The SMILES string of the molecule is O/C=C\OOCCOCC1CCCC(COCCOO/C=C\O)C1Br. The summed E-state index contributed by atoms with van der Waals surface area (Å²) in [6, 6.07) is 0. The molecule has 2 atom stereocenters. The first-order chi connectivity index (χ1) is 12.3. The Kier molecular flexibility index (Phi) is 13.5. The Labute approximate surface area is 156 Å². The van der Waals surface area contributed by atoms with Crippen molar-refractivity contribution in [2.24, 2.45) is 11.8 Å². The van der Waals surface area contributed by atoms with Crippen molar-refractivity contribution in [1.82, 2.24) is 0 Å². The molecule has 0 aromatic rings. The molecule has 0 aromatic heterocycles. The van der Waals surface area contributed by atoms with Crippen LogP contribution in [-0.2, 0) is 29.0 Å². The average Bonchev–Trinajstić information content (AvgIpc) is 2.62. The largest absolute Gasteiger partial charge is 0.512 e. The van der Waals surface area contributed by atoms with Gasteiger partial charge in [0.15, 0.2) is 12.5 Å². The van der Waals surface area contributed by atoms with E-state index >= 15 is 0 Å². The van der Waals surface area contributed by atoms with E-state index in [-0.39, 0.29) is 0 Å². The second-order valence-corrected chi connectivity index (χ2v) is 6.51. The summed E-state index contributed by atoms with van der Waals surface area (Å²) in [4.78, 5) is 18.9. The van der Waals surface area contributed by atoms with Crippen LogP contribution in [0.5, 0.6) is 0 Å². The average molecular weight is 427 g/mol. The third-order valence-electron chi connectivity index (χ3n) is 3.71. The molecule has 25 heavy (non-hydrogen) atoms. The van der Waals surface area contributed by atoms with Gasteiger partial charge in [0.1, 0.15) is 25.7 Å². The summed E-state index contributed by atoms with van der Waals surface area (Å²) in [5.74, 6) is 0.852. The number of hydrogen-bond donors (Lipinski definition) is 2. The van der Waals surface area contributed by atoms with Crippen molar-refractivity contribution in [2.45, 2.75) is 24.1 Å². The molecule has 0 bridgehead atoms. The first kappa shape index (κ1) is 22.0. The molecule has 9 heteroatoms. The number of halogens is 1. The molecule has 1 saturated carbocycles. The minimum atomic E-state index is 0.296. The molecule has 1 aliphatic rings. The maximum absolute atomic E-state index is 8.36. The third-order valence-corrected chi connectivity index (χ3v) is 5.20. The van der Waals surface area contributed by atoms with Crippen molar-refractivity contribution in [1.29, 1.82) is 0 Å². The molecule has 0 aromatic carbocycles. The molecule has 2 unspecified atom stereocenters. The first-order valence-electron chi connectivity index (χ1n) is 8.24. The van der Waals surface area contributed by atoms with Crippen LogP contribution in [0.4, 0.5) is 0 Å². The van der Waals surface area contributed by atoms with Gasteiger partial charge in [0, 0.05) is 4.83 Å². The highest BCUT2D eigenvalue weighted by Crippen LogP contribution is 2.35. The lowest BCUT2D eigenvalue weighted by Crippen LogP contribution is -2.34. The number of rotatable bonds is 14. The molecule has 0 saturated heterocycles. The molecule has 0 aliphatic heterocycles. The highest BCUT2D eigenvalue weighted by molar-refractivity contribution is 9.09. The predicted octanol–water partition coefficient (Wildman–Crippen LogP) is 3.15. The van der Waals surface area contributed by atoms with Crippen LogP contribution in [0.25, 0.3) is 0 Å². The number of alkyl halides is 1. The third kappa shape index (κ3) is 10.6. The number of aliphatic hydroxyl groups excluding tert-OH is 2. The fraction of sp³-hybridized carbons (Fsp3) is 0.750. The standard InChI is InChI=1S/C16H27BrO8/c17-16-14(12-20-8-10-24-22-6-4-18)2-1-3-15(16)13-21-9-11-25-23-7-5-19/h4-7,14-16,18-19H,1-3,8-13H2/b6-4-,7-5-. The van der Waals surface area contributed by atoms with Gasteiger partial charge in [-0.25, -0.2) is 0 Å². The molecular formula is C16H27BrO8. The molecule has 1 fully saturated rings. The van der Waals surface area contributed by atoms with Crippen LogP contribution in [0.2, 0.25) is 0 Å². The van der Waals surface area contributed by atoms with E-state index in [9.17, 15) is 0 Å². The predicted molar refractivity (Wildman–Crippen MR) is 92.8 cm³/mol. The summed E-state index contributed by atoms with van der Waals surface area (Å²) in [6.45, 7) is 2.74. The van der Waals surface area contributed by atoms with Crippen molar-refractivity contribution >= 4 is 15.9 Å². The topological polar surface area (TPSA) is 95.8 Å². The van der Waals surface area contributed by atoms with Gasteiger partial charge in [0.05, 0.1) is 26.4 Å². The maximum atomic E-state index is 8.36. The minimum Gasteiger partial charge on any atom is -0.512 e. The van der Waals surface area contributed by atoms with Gasteiger partial charge < -0.3 is 29.5 Å². The molecule has 0 spiro atoms. The van der Waals surface area contributed by atoms with Crippen LogP contribution in [0.3, 0.4) is 0 Å². The highest BCUT2D eigenvalue weighted by Gasteiger charge is 2.31. The van der Waals surface area contributed by atoms with Crippen molar-refractivity contribution in [3.05, 3.63) is 25.0 Å². The Bertz CT molecular complexity index is 334. The Morgan fingerprint density at radius 3 is 1.72 bits per heavy atom. The summed E-state index contributed by atoms with van der Waals surface area (Å²) >= 11 is 3.78. The van der Waals surface area contributed by atoms with E-state index in [0.717, 1.165) is 44.3 Å². The fourth-order valence-corrected chi connectivity index (χ4v) is 3.41. The molecular weight excluding hydrogens is 400 g/mol. The number of hydrogen-bond acceptors (Lipinski definition) is 8. The lowest BCUT2D eigenvalue weighted by atomic mass is 9.82. The Balaban J connectivity index is 2.09. The van der Waals surface area contributed by atoms with Crippen molar-refractivity contribution < 1.29 is 39.2 Å². The van der Waals surface area contributed by atoms with Gasteiger partial charge in [-0.3, -0.25) is 0 Å². The zero-order valence-corrected chi connectivity index (χ0v) is 15.7. The van der Waals surface area contributed by atoms with E-state index in [1.165, 1.54) is 0 Å². The van der Waals surface area contributed by atoms with Gasteiger partial charge in [-0.05, 0) is 24.7 Å². The van der Waals surface area contributed by atoms with Gasteiger partial charge in [-0.15, -0.1) is 0 Å². The molecule has 8 nitrogen and oxygen atoms in total. The molecule has 2 N–H and O–H groups in total. The minimum absolute atomic E-state index is 0.296. The molecule has 1 aliphatic carbocycles. The van der Waals surface area contributed by atoms with Crippen LogP contribution in [0.15, 0.2) is 25.0 Å². The van der Waals surface area contributed by atoms with Gasteiger partial charge in [0.25, 0.3) is 0 Å². The fourth-order valence-electron chi connectivity index (χ4n) is 2.58. The van der Waals surface area contributed by atoms with E-state index in [1.807, 2.05) is 0 Å².